The summed E-state index contributed by atoms with van der Waals surface area (Å²) in [6.45, 7) is 1.86. The molecule has 1 atom stereocenters. The molecule has 0 aromatic heterocycles. The first-order valence-electron chi connectivity index (χ1n) is 9.16. The summed E-state index contributed by atoms with van der Waals surface area (Å²) in [5, 5.41) is 10.9. The summed E-state index contributed by atoms with van der Waals surface area (Å²) in [5.41, 5.74) is 1.75. The van der Waals surface area contributed by atoms with Crippen LogP contribution in [0.2, 0.25) is 0 Å². The van der Waals surface area contributed by atoms with E-state index in [9.17, 15) is 19.1 Å². The number of ketones is 1. The molecule has 0 spiro atoms. The number of carbonyl (C=O) groups is 2. The number of aliphatic hydroxyl groups is 1. The van der Waals surface area contributed by atoms with Crippen LogP contribution in [0.15, 0.2) is 84.4 Å². The zero-order valence-electron chi connectivity index (χ0n) is 15.7. The number of rotatable bonds is 3. The van der Waals surface area contributed by atoms with Crippen LogP contribution in [-0.4, -0.2) is 16.8 Å². The molecule has 4 nitrogen and oxygen atoms in total. The lowest BCUT2D eigenvalue weighted by molar-refractivity contribution is -0.132. The summed E-state index contributed by atoms with van der Waals surface area (Å²) < 4.78 is 14.7. The number of halogens is 1. The normalized spacial score (nSPS) is 18.3. The number of Topliss-reactive ketones (excluding diaryl/α,β-unsaturated/α-hetero) is 1. The predicted octanol–water partition coefficient (Wildman–Crippen LogP) is 4.76. The van der Waals surface area contributed by atoms with Crippen molar-refractivity contribution in [2.45, 2.75) is 13.0 Å². The lowest BCUT2D eigenvalue weighted by Crippen LogP contribution is -2.29. The van der Waals surface area contributed by atoms with Crippen LogP contribution in [-0.2, 0) is 9.59 Å². The first kappa shape index (κ1) is 18.6. The van der Waals surface area contributed by atoms with E-state index in [4.69, 9.17) is 0 Å². The van der Waals surface area contributed by atoms with Gasteiger partial charge in [0.15, 0.2) is 0 Å². The molecule has 4 rings (SSSR count). The van der Waals surface area contributed by atoms with Gasteiger partial charge in [-0.3, -0.25) is 14.5 Å². The molecular weight excluding hydrogens is 369 g/mol. The third-order valence-electron chi connectivity index (χ3n) is 4.97. The van der Waals surface area contributed by atoms with Gasteiger partial charge in [-0.1, -0.05) is 60.7 Å². The molecule has 3 aromatic carbocycles. The number of aryl methyl sites for hydroxylation is 1. The van der Waals surface area contributed by atoms with E-state index in [0.717, 1.165) is 5.56 Å². The molecular formula is C24H18FNO3. The van der Waals surface area contributed by atoms with E-state index in [-0.39, 0.29) is 16.9 Å². The highest BCUT2D eigenvalue weighted by Crippen LogP contribution is 2.42. The van der Waals surface area contributed by atoms with E-state index in [1.807, 2.05) is 13.0 Å². The van der Waals surface area contributed by atoms with Crippen LogP contribution in [0.3, 0.4) is 0 Å². The topological polar surface area (TPSA) is 57.6 Å². The van der Waals surface area contributed by atoms with Crippen LogP contribution < -0.4 is 4.90 Å². The largest absolute Gasteiger partial charge is 0.507 e. The van der Waals surface area contributed by atoms with Crippen molar-refractivity contribution < 1.29 is 19.1 Å². The molecule has 1 heterocycles. The molecule has 0 aliphatic carbocycles. The predicted molar refractivity (Wildman–Crippen MR) is 109 cm³/mol. The molecule has 1 fully saturated rings. The summed E-state index contributed by atoms with van der Waals surface area (Å²) in [6, 6.07) is 20.4. The quantitative estimate of drug-likeness (QED) is 0.400. The molecule has 0 saturated carbocycles. The van der Waals surface area contributed by atoms with Gasteiger partial charge in [-0.05, 0) is 30.7 Å². The lowest BCUT2D eigenvalue weighted by Gasteiger charge is -2.26. The average molecular weight is 387 g/mol. The van der Waals surface area contributed by atoms with E-state index in [1.165, 1.54) is 23.1 Å². The second kappa shape index (κ2) is 7.36. The van der Waals surface area contributed by atoms with E-state index < -0.39 is 23.5 Å². The van der Waals surface area contributed by atoms with Gasteiger partial charge in [0.05, 0.1) is 11.6 Å². The van der Waals surface area contributed by atoms with E-state index >= 15 is 0 Å². The molecule has 3 aromatic rings. The van der Waals surface area contributed by atoms with Crippen LogP contribution in [0.4, 0.5) is 10.1 Å². The number of nitrogens with zero attached hydrogens (tertiary/aromatic N) is 1. The third-order valence-corrected chi connectivity index (χ3v) is 4.97. The van der Waals surface area contributed by atoms with Gasteiger partial charge >= 0.3 is 0 Å². The van der Waals surface area contributed by atoms with Crippen molar-refractivity contribution in [1.29, 1.82) is 0 Å². The second-order valence-corrected chi connectivity index (χ2v) is 6.90. The molecule has 1 N–H and O–H groups in total. The molecule has 5 heteroatoms. The Balaban J connectivity index is 1.99. The van der Waals surface area contributed by atoms with E-state index in [2.05, 4.69) is 0 Å². The molecule has 1 saturated heterocycles. The van der Waals surface area contributed by atoms with Crippen LogP contribution >= 0.6 is 0 Å². The number of benzene rings is 3. The Morgan fingerprint density at radius 1 is 0.931 bits per heavy atom. The summed E-state index contributed by atoms with van der Waals surface area (Å²) >= 11 is 0. The number of carbonyl (C=O) groups excluding carboxylic acids is 2. The molecule has 144 valence electrons. The molecule has 0 bridgehead atoms. The van der Waals surface area contributed by atoms with Crippen molar-refractivity contribution in [3.05, 3.63) is 107 Å². The molecule has 1 aliphatic heterocycles. The molecule has 1 aliphatic rings. The zero-order chi connectivity index (χ0) is 20.5. The van der Waals surface area contributed by atoms with E-state index in [0.29, 0.717) is 11.3 Å². The zero-order valence-corrected chi connectivity index (χ0v) is 15.7. The minimum Gasteiger partial charge on any atom is -0.507 e. The van der Waals surface area contributed by atoms with Gasteiger partial charge in [0, 0.05) is 16.8 Å². The Bertz CT molecular complexity index is 1140. The smallest absolute Gasteiger partial charge is 0.300 e. The highest BCUT2D eigenvalue weighted by molar-refractivity contribution is 6.51. The number of hydrogen-bond donors (Lipinski definition) is 1. The van der Waals surface area contributed by atoms with Gasteiger partial charge in [-0.25, -0.2) is 4.39 Å². The van der Waals surface area contributed by atoms with Gasteiger partial charge in [0.1, 0.15) is 11.6 Å². The SMILES string of the molecule is Cc1cccc(N2C(=O)C(=O)C(=C(O)c3ccccc3)[C@@H]2c2ccccc2F)c1. The van der Waals surface area contributed by atoms with Crippen LogP contribution in [0.25, 0.3) is 5.76 Å². The van der Waals surface area contributed by atoms with Crippen molar-refractivity contribution in [2.24, 2.45) is 0 Å². The number of aliphatic hydroxyl groups excluding tert-OH is 1. The van der Waals surface area contributed by atoms with E-state index in [1.54, 1.807) is 54.6 Å². The lowest BCUT2D eigenvalue weighted by atomic mass is 9.94. The number of anilines is 1. The molecule has 0 unspecified atom stereocenters. The van der Waals surface area contributed by atoms with Crippen molar-refractivity contribution in [2.75, 3.05) is 4.90 Å². The Morgan fingerprint density at radius 2 is 1.62 bits per heavy atom. The van der Waals surface area contributed by atoms with Crippen LogP contribution in [0, 0.1) is 12.7 Å². The summed E-state index contributed by atoms with van der Waals surface area (Å²) in [6.07, 6.45) is 0. The first-order valence-corrected chi connectivity index (χ1v) is 9.16. The van der Waals surface area contributed by atoms with Gasteiger partial charge in [0.2, 0.25) is 0 Å². The summed E-state index contributed by atoms with van der Waals surface area (Å²) in [5.74, 6) is -2.54. The van der Waals surface area contributed by atoms with Gasteiger partial charge in [-0.2, -0.15) is 0 Å². The number of amides is 1. The fourth-order valence-corrected chi connectivity index (χ4v) is 3.62. The highest BCUT2D eigenvalue weighted by Gasteiger charge is 2.47. The van der Waals surface area contributed by atoms with Crippen LogP contribution in [0.1, 0.15) is 22.7 Å². The summed E-state index contributed by atoms with van der Waals surface area (Å²) in [4.78, 5) is 27.2. The Kier molecular flexibility index (Phi) is 4.72. The Morgan fingerprint density at radius 3 is 2.31 bits per heavy atom. The van der Waals surface area contributed by atoms with Gasteiger partial charge in [-0.15, -0.1) is 0 Å². The summed E-state index contributed by atoms with van der Waals surface area (Å²) in [7, 11) is 0. The number of hydrogen-bond acceptors (Lipinski definition) is 3. The Hall–Kier alpha value is -3.73. The monoisotopic (exact) mass is 387 g/mol. The second-order valence-electron chi connectivity index (χ2n) is 6.90. The van der Waals surface area contributed by atoms with Gasteiger partial charge in [0.25, 0.3) is 11.7 Å². The van der Waals surface area contributed by atoms with Crippen molar-refractivity contribution in [3.8, 4) is 0 Å². The maximum Gasteiger partial charge on any atom is 0.300 e. The Labute approximate surface area is 167 Å². The molecule has 1 amide bonds. The maximum atomic E-state index is 14.7. The fraction of sp³-hybridized carbons (Fsp3) is 0.0833. The average Bonchev–Trinajstić information content (AvgIpc) is 2.99. The standard InChI is InChI=1S/C24H18FNO3/c1-15-8-7-11-17(14-15)26-21(18-12-5-6-13-19(18)25)20(23(28)24(26)29)22(27)16-9-3-2-4-10-16/h2-14,21,27H,1H3/t21-/m0/s1. The van der Waals surface area contributed by atoms with Gasteiger partial charge < -0.3 is 5.11 Å². The van der Waals surface area contributed by atoms with Crippen LogP contribution in [0.5, 0.6) is 0 Å². The van der Waals surface area contributed by atoms with Crippen molar-refractivity contribution in [1.82, 2.24) is 0 Å². The minimum atomic E-state index is -1.07. The molecule has 29 heavy (non-hydrogen) atoms. The van der Waals surface area contributed by atoms with Crippen molar-refractivity contribution >= 4 is 23.1 Å². The highest BCUT2D eigenvalue weighted by atomic mass is 19.1. The fourth-order valence-electron chi connectivity index (χ4n) is 3.62. The maximum absolute atomic E-state index is 14.7. The third kappa shape index (κ3) is 3.21. The molecule has 0 radical (unpaired) electrons. The minimum absolute atomic E-state index is 0.132. The first-order chi connectivity index (χ1) is 14.0. The van der Waals surface area contributed by atoms with Crippen molar-refractivity contribution in [3.63, 3.8) is 0 Å².